The van der Waals surface area contributed by atoms with Crippen molar-refractivity contribution in [1.82, 2.24) is 5.32 Å². The Morgan fingerprint density at radius 1 is 1.11 bits per heavy atom. The second-order valence-corrected chi connectivity index (χ2v) is 4.83. The molecular formula is C15H23NO3. The molecule has 2 unspecified atom stereocenters. The Kier molecular flexibility index (Phi) is 4.53. The highest BCUT2D eigenvalue weighted by molar-refractivity contribution is 5.57. The third-order valence-corrected chi connectivity index (χ3v) is 3.71. The first-order valence-electron chi connectivity index (χ1n) is 6.76. The highest BCUT2D eigenvalue weighted by atomic mass is 16.5. The zero-order chi connectivity index (χ0) is 13.8. The van der Waals surface area contributed by atoms with Crippen molar-refractivity contribution >= 4 is 0 Å². The first-order chi connectivity index (χ1) is 9.26. The monoisotopic (exact) mass is 265 g/mol. The van der Waals surface area contributed by atoms with Crippen LogP contribution in [0.1, 0.15) is 24.8 Å². The van der Waals surface area contributed by atoms with Gasteiger partial charge < -0.3 is 19.5 Å². The van der Waals surface area contributed by atoms with Crippen LogP contribution in [0.3, 0.4) is 0 Å². The molecule has 1 aliphatic carbocycles. The Morgan fingerprint density at radius 2 is 1.84 bits per heavy atom. The minimum Gasteiger partial charge on any atom is -0.493 e. The molecule has 0 amide bonds. The zero-order valence-corrected chi connectivity index (χ0v) is 12.2. The van der Waals surface area contributed by atoms with E-state index in [1.165, 1.54) is 12.0 Å². The van der Waals surface area contributed by atoms with Gasteiger partial charge in [-0.15, -0.1) is 0 Å². The number of nitrogens with one attached hydrogen (secondary N) is 1. The number of rotatable bonds is 7. The summed E-state index contributed by atoms with van der Waals surface area (Å²) in [4.78, 5) is 0. The number of ether oxygens (including phenoxy) is 3. The average Bonchev–Trinajstić information content (AvgIpc) is 3.22. The van der Waals surface area contributed by atoms with Crippen LogP contribution in [0.4, 0.5) is 0 Å². The van der Waals surface area contributed by atoms with E-state index in [9.17, 15) is 0 Å². The van der Waals surface area contributed by atoms with Gasteiger partial charge in [0, 0.05) is 5.56 Å². The van der Waals surface area contributed by atoms with Gasteiger partial charge >= 0.3 is 0 Å². The Morgan fingerprint density at radius 3 is 2.42 bits per heavy atom. The highest BCUT2D eigenvalue weighted by Gasteiger charge is 2.40. The van der Waals surface area contributed by atoms with Gasteiger partial charge in [0.1, 0.15) is 0 Å². The van der Waals surface area contributed by atoms with Crippen molar-refractivity contribution in [2.75, 3.05) is 34.4 Å². The molecule has 1 aromatic carbocycles. The van der Waals surface area contributed by atoms with E-state index in [4.69, 9.17) is 14.2 Å². The van der Waals surface area contributed by atoms with E-state index in [1.54, 1.807) is 21.3 Å². The van der Waals surface area contributed by atoms with Crippen LogP contribution in [-0.4, -0.2) is 34.4 Å². The van der Waals surface area contributed by atoms with E-state index in [2.05, 4.69) is 18.3 Å². The second-order valence-electron chi connectivity index (χ2n) is 4.83. The molecule has 106 valence electrons. The predicted octanol–water partition coefficient (Wildman–Crippen LogP) is 2.43. The van der Waals surface area contributed by atoms with E-state index >= 15 is 0 Å². The number of hydrogen-bond acceptors (Lipinski definition) is 4. The Hall–Kier alpha value is -1.42. The van der Waals surface area contributed by atoms with E-state index < -0.39 is 0 Å². The summed E-state index contributed by atoms with van der Waals surface area (Å²) in [7, 11) is 4.97. The summed E-state index contributed by atoms with van der Waals surface area (Å²) in [5.74, 6) is 3.48. The van der Waals surface area contributed by atoms with Gasteiger partial charge in [-0.05, 0) is 37.4 Å². The molecule has 4 nitrogen and oxygen atoms in total. The van der Waals surface area contributed by atoms with Crippen molar-refractivity contribution in [3.8, 4) is 17.2 Å². The molecule has 0 bridgehead atoms. The van der Waals surface area contributed by atoms with Gasteiger partial charge in [-0.1, -0.05) is 13.0 Å². The summed E-state index contributed by atoms with van der Waals surface area (Å²) < 4.78 is 16.3. The summed E-state index contributed by atoms with van der Waals surface area (Å²) in [5, 5.41) is 3.40. The summed E-state index contributed by atoms with van der Waals surface area (Å²) >= 11 is 0. The molecule has 2 atom stereocenters. The van der Waals surface area contributed by atoms with Gasteiger partial charge in [0.25, 0.3) is 0 Å². The lowest BCUT2D eigenvalue weighted by Gasteiger charge is -2.15. The second kappa shape index (κ2) is 6.15. The zero-order valence-electron chi connectivity index (χ0n) is 12.2. The van der Waals surface area contributed by atoms with Crippen LogP contribution >= 0.6 is 0 Å². The summed E-state index contributed by atoms with van der Waals surface area (Å²) in [6, 6.07) is 4.05. The molecule has 1 aromatic rings. The predicted molar refractivity (Wildman–Crippen MR) is 75.5 cm³/mol. The van der Waals surface area contributed by atoms with E-state index in [0.717, 1.165) is 18.8 Å². The van der Waals surface area contributed by atoms with Crippen molar-refractivity contribution < 1.29 is 14.2 Å². The lowest BCUT2D eigenvalue weighted by molar-refractivity contribution is 0.322. The van der Waals surface area contributed by atoms with Crippen LogP contribution in [-0.2, 0) is 0 Å². The number of methoxy groups -OCH3 is 3. The third-order valence-electron chi connectivity index (χ3n) is 3.71. The van der Waals surface area contributed by atoms with Gasteiger partial charge in [0.2, 0.25) is 5.75 Å². The van der Waals surface area contributed by atoms with E-state index in [1.807, 2.05) is 6.07 Å². The minimum absolute atomic E-state index is 0.564. The molecule has 4 heteroatoms. The van der Waals surface area contributed by atoms with Crippen molar-refractivity contribution in [2.45, 2.75) is 19.3 Å². The fourth-order valence-corrected chi connectivity index (χ4v) is 2.60. The van der Waals surface area contributed by atoms with Crippen LogP contribution < -0.4 is 19.5 Å². The largest absolute Gasteiger partial charge is 0.493 e. The third kappa shape index (κ3) is 2.78. The molecule has 1 fully saturated rings. The molecule has 0 heterocycles. The SMILES string of the molecule is CCNCC1CC1c1ccc(OC)c(OC)c1OC. The quantitative estimate of drug-likeness (QED) is 0.822. The molecule has 0 aliphatic heterocycles. The highest BCUT2D eigenvalue weighted by Crippen LogP contribution is 2.53. The summed E-state index contributed by atoms with van der Waals surface area (Å²) in [5.41, 5.74) is 1.23. The molecule has 0 saturated heterocycles. The fraction of sp³-hybridized carbons (Fsp3) is 0.600. The smallest absolute Gasteiger partial charge is 0.203 e. The van der Waals surface area contributed by atoms with Crippen molar-refractivity contribution in [3.63, 3.8) is 0 Å². The molecule has 0 radical (unpaired) electrons. The number of benzene rings is 1. The lowest BCUT2D eigenvalue weighted by atomic mass is 10.1. The Balaban J connectivity index is 2.22. The maximum absolute atomic E-state index is 5.54. The molecule has 1 saturated carbocycles. The standard InChI is InChI=1S/C15H23NO3/c1-5-16-9-10-8-12(10)11-6-7-13(17-2)15(19-4)14(11)18-3/h6-7,10,12,16H,5,8-9H2,1-4H3. The fourth-order valence-electron chi connectivity index (χ4n) is 2.60. The normalized spacial score (nSPS) is 21.1. The van der Waals surface area contributed by atoms with Crippen LogP contribution in [0, 0.1) is 5.92 Å². The maximum Gasteiger partial charge on any atom is 0.203 e. The Bertz CT molecular complexity index is 434. The topological polar surface area (TPSA) is 39.7 Å². The van der Waals surface area contributed by atoms with Crippen LogP contribution in [0.25, 0.3) is 0 Å². The van der Waals surface area contributed by atoms with Crippen molar-refractivity contribution in [2.24, 2.45) is 5.92 Å². The van der Waals surface area contributed by atoms with Gasteiger partial charge in [-0.2, -0.15) is 0 Å². The van der Waals surface area contributed by atoms with Gasteiger partial charge in [0.15, 0.2) is 11.5 Å². The van der Waals surface area contributed by atoms with E-state index in [-0.39, 0.29) is 0 Å². The molecule has 1 aliphatic rings. The average molecular weight is 265 g/mol. The first-order valence-corrected chi connectivity index (χ1v) is 6.76. The summed E-state index contributed by atoms with van der Waals surface area (Å²) in [6.07, 6.45) is 1.21. The van der Waals surface area contributed by atoms with Gasteiger partial charge in [-0.3, -0.25) is 0 Å². The van der Waals surface area contributed by atoms with Crippen molar-refractivity contribution in [1.29, 1.82) is 0 Å². The van der Waals surface area contributed by atoms with Crippen LogP contribution in [0.5, 0.6) is 17.2 Å². The Labute approximate surface area is 115 Å². The lowest BCUT2D eigenvalue weighted by Crippen LogP contribution is -2.16. The van der Waals surface area contributed by atoms with Crippen LogP contribution in [0.15, 0.2) is 12.1 Å². The summed E-state index contributed by atoms with van der Waals surface area (Å²) in [6.45, 7) is 4.22. The molecule has 19 heavy (non-hydrogen) atoms. The molecule has 0 spiro atoms. The molecule has 2 rings (SSSR count). The minimum atomic E-state index is 0.564. The number of hydrogen-bond donors (Lipinski definition) is 1. The first kappa shape index (κ1) is 14.0. The molecule has 0 aromatic heterocycles. The van der Waals surface area contributed by atoms with Crippen LogP contribution in [0.2, 0.25) is 0 Å². The maximum atomic E-state index is 5.54. The molecular weight excluding hydrogens is 242 g/mol. The molecule has 1 N–H and O–H groups in total. The van der Waals surface area contributed by atoms with Gasteiger partial charge in [0.05, 0.1) is 21.3 Å². The van der Waals surface area contributed by atoms with Gasteiger partial charge in [-0.25, -0.2) is 0 Å². The van der Waals surface area contributed by atoms with Crippen molar-refractivity contribution in [3.05, 3.63) is 17.7 Å². The van der Waals surface area contributed by atoms with E-state index in [0.29, 0.717) is 23.3 Å².